The van der Waals surface area contributed by atoms with Gasteiger partial charge >= 0.3 is 6.09 Å². The first-order valence-corrected chi connectivity index (χ1v) is 4.97. The number of hydrogen-bond acceptors (Lipinski definition) is 7. The summed E-state index contributed by atoms with van der Waals surface area (Å²) in [6.45, 7) is -0.348. The van der Waals surface area contributed by atoms with E-state index in [0.717, 1.165) is 0 Å². The number of nitro benzene ring substituents is 1. The van der Waals surface area contributed by atoms with Crippen molar-refractivity contribution < 1.29 is 29.0 Å². The summed E-state index contributed by atoms with van der Waals surface area (Å²) in [6.07, 6.45) is -1.15. The third-order valence-electron chi connectivity index (χ3n) is 2.14. The standard InChI is InChI=1S/C10H12N2O7/c1-16-8-3-6(5-18-19-10(11)13)7(12(14)15)4-9(8)17-2/h3-4H,5H2,1-2H3,(H2,11,13). The van der Waals surface area contributed by atoms with Crippen LogP contribution in [0, 0.1) is 10.1 Å². The summed E-state index contributed by atoms with van der Waals surface area (Å²) >= 11 is 0. The maximum absolute atomic E-state index is 10.9. The molecule has 0 aliphatic carbocycles. The monoisotopic (exact) mass is 272 g/mol. The molecule has 0 radical (unpaired) electrons. The van der Waals surface area contributed by atoms with Gasteiger partial charge in [0.25, 0.3) is 5.69 Å². The summed E-state index contributed by atoms with van der Waals surface area (Å²) in [5, 5.41) is 10.9. The van der Waals surface area contributed by atoms with Gasteiger partial charge in [-0.1, -0.05) is 0 Å². The predicted octanol–water partition coefficient (Wildman–Crippen LogP) is 1.14. The zero-order valence-corrected chi connectivity index (χ0v) is 10.2. The van der Waals surface area contributed by atoms with Gasteiger partial charge in [0, 0.05) is 0 Å². The molecule has 104 valence electrons. The van der Waals surface area contributed by atoms with E-state index in [-0.39, 0.29) is 29.4 Å². The molecule has 0 spiro atoms. The van der Waals surface area contributed by atoms with Crippen molar-refractivity contribution in [3.05, 3.63) is 27.8 Å². The molecule has 0 aliphatic rings. The van der Waals surface area contributed by atoms with Gasteiger partial charge in [0.2, 0.25) is 0 Å². The van der Waals surface area contributed by atoms with Gasteiger partial charge in [-0.05, 0) is 6.07 Å². The minimum atomic E-state index is -1.15. The number of benzene rings is 1. The normalized spacial score (nSPS) is 9.79. The molecule has 0 saturated carbocycles. The van der Waals surface area contributed by atoms with Crippen LogP contribution in [0.2, 0.25) is 0 Å². The molecule has 0 heterocycles. The van der Waals surface area contributed by atoms with Crippen molar-refractivity contribution in [2.75, 3.05) is 14.2 Å². The van der Waals surface area contributed by atoms with E-state index >= 15 is 0 Å². The van der Waals surface area contributed by atoms with Crippen LogP contribution in [0.4, 0.5) is 10.5 Å². The molecule has 0 aliphatic heterocycles. The highest BCUT2D eigenvalue weighted by Crippen LogP contribution is 2.34. The van der Waals surface area contributed by atoms with Crippen LogP contribution in [0.15, 0.2) is 12.1 Å². The van der Waals surface area contributed by atoms with Gasteiger partial charge in [-0.15, -0.1) is 0 Å². The predicted molar refractivity (Wildman–Crippen MR) is 61.7 cm³/mol. The SMILES string of the molecule is COc1cc(COOC(N)=O)c([N+](=O)[O-])cc1OC. The van der Waals surface area contributed by atoms with E-state index in [9.17, 15) is 14.9 Å². The second-order valence-electron chi connectivity index (χ2n) is 3.26. The van der Waals surface area contributed by atoms with Gasteiger partial charge in [-0.3, -0.25) is 15.0 Å². The second kappa shape index (κ2) is 6.40. The van der Waals surface area contributed by atoms with E-state index in [1.54, 1.807) is 0 Å². The highest BCUT2D eigenvalue weighted by molar-refractivity contribution is 5.63. The smallest absolute Gasteiger partial charge is 0.436 e. The zero-order chi connectivity index (χ0) is 14.4. The lowest BCUT2D eigenvalue weighted by Crippen LogP contribution is -2.13. The molecule has 1 rings (SSSR count). The lowest BCUT2D eigenvalue weighted by molar-refractivity contribution is -0.386. The molecule has 0 bridgehead atoms. The van der Waals surface area contributed by atoms with Gasteiger partial charge in [0.05, 0.1) is 30.8 Å². The molecule has 2 N–H and O–H groups in total. The molecule has 0 saturated heterocycles. The molecule has 0 fully saturated rings. The van der Waals surface area contributed by atoms with E-state index in [1.165, 1.54) is 26.4 Å². The molecular formula is C10H12N2O7. The second-order valence-corrected chi connectivity index (χ2v) is 3.26. The number of ether oxygens (including phenoxy) is 2. The summed E-state index contributed by atoms with van der Waals surface area (Å²) < 4.78 is 9.95. The van der Waals surface area contributed by atoms with Gasteiger partial charge in [0.1, 0.15) is 6.61 Å². The highest BCUT2D eigenvalue weighted by Gasteiger charge is 2.20. The first-order chi connectivity index (χ1) is 8.99. The molecule has 0 atom stereocenters. The lowest BCUT2D eigenvalue weighted by Gasteiger charge is -2.10. The van der Waals surface area contributed by atoms with E-state index in [0.29, 0.717) is 0 Å². The lowest BCUT2D eigenvalue weighted by atomic mass is 10.1. The minimum Gasteiger partial charge on any atom is -0.493 e. The summed E-state index contributed by atoms with van der Waals surface area (Å²) in [4.78, 5) is 29.1. The number of nitro groups is 1. The number of methoxy groups -OCH3 is 2. The quantitative estimate of drug-likeness (QED) is 0.467. The number of nitrogens with zero attached hydrogens (tertiary/aromatic N) is 1. The maximum atomic E-state index is 10.9. The Balaban J connectivity index is 3.05. The largest absolute Gasteiger partial charge is 0.493 e. The summed E-state index contributed by atoms with van der Waals surface area (Å²) in [5.74, 6) is 0.486. The van der Waals surface area contributed by atoms with Crippen molar-refractivity contribution in [3.63, 3.8) is 0 Å². The number of carbonyl (C=O) groups excluding carboxylic acids is 1. The number of nitrogens with two attached hydrogens (primary N) is 1. The Morgan fingerprint density at radius 2 is 1.89 bits per heavy atom. The summed E-state index contributed by atoms with van der Waals surface area (Å²) in [6, 6.07) is 2.53. The average molecular weight is 272 g/mol. The van der Waals surface area contributed by atoms with Crippen LogP contribution in [0.5, 0.6) is 11.5 Å². The fourth-order valence-corrected chi connectivity index (χ4v) is 1.35. The van der Waals surface area contributed by atoms with Crippen LogP contribution >= 0.6 is 0 Å². The Bertz CT molecular complexity index is 489. The van der Waals surface area contributed by atoms with Crippen LogP contribution in [-0.2, 0) is 16.4 Å². The third-order valence-corrected chi connectivity index (χ3v) is 2.14. The van der Waals surface area contributed by atoms with Crippen molar-refractivity contribution in [1.82, 2.24) is 0 Å². The van der Waals surface area contributed by atoms with Crippen molar-refractivity contribution in [3.8, 4) is 11.5 Å². The van der Waals surface area contributed by atoms with Gasteiger partial charge in [-0.2, -0.15) is 4.89 Å². The van der Waals surface area contributed by atoms with Crippen LogP contribution in [0.3, 0.4) is 0 Å². The number of hydrogen-bond donors (Lipinski definition) is 1. The number of rotatable bonds is 6. The fourth-order valence-electron chi connectivity index (χ4n) is 1.35. The number of amides is 1. The average Bonchev–Trinajstić information content (AvgIpc) is 2.37. The van der Waals surface area contributed by atoms with Crippen molar-refractivity contribution in [2.24, 2.45) is 5.73 Å². The molecule has 1 aromatic carbocycles. The van der Waals surface area contributed by atoms with E-state index < -0.39 is 11.0 Å². The van der Waals surface area contributed by atoms with Gasteiger partial charge in [-0.25, -0.2) is 4.79 Å². The third kappa shape index (κ3) is 3.71. The van der Waals surface area contributed by atoms with Gasteiger partial charge in [0.15, 0.2) is 11.5 Å². The highest BCUT2D eigenvalue weighted by atomic mass is 17.2. The Kier molecular flexibility index (Phi) is 4.89. The Labute approximate surface area is 107 Å². The Morgan fingerprint density at radius 1 is 1.32 bits per heavy atom. The molecule has 9 nitrogen and oxygen atoms in total. The number of primary amides is 1. The molecule has 9 heteroatoms. The van der Waals surface area contributed by atoms with E-state index in [2.05, 4.69) is 9.78 Å². The molecule has 1 aromatic rings. The summed E-state index contributed by atoms with van der Waals surface area (Å²) in [7, 11) is 2.74. The van der Waals surface area contributed by atoms with Crippen molar-refractivity contribution in [1.29, 1.82) is 0 Å². The molecule has 1 amide bonds. The van der Waals surface area contributed by atoms with Crippen LogP contribution in [0.25, 0.3) is 0 Å². The maximum Gasteiger partial charge on any atom is 0.436 e. The first kappa shape index (κ1) is 14.5. The van der Waals surface area contributed by atoms with Crippen LogP contribution < -0.4 is 15.2 Å². The van der Waals surface area contributed by atoms with Crippen molar-refractivity contribution in [2.45, 2.75) is 6.61 Å². The minimum absolute atomic E-state index is 0.143. The first-order valence-electron chi connectivity index (χ1n) is 4.97. The van der Waals surface area contributed by atoms with Gasteiger partial charge < -0.3 is 15.2 Å². The fraction of sp³-hybridized carbons (Fsp3) is 0.300. The Morgan fingerprint density at radius 3 is 2.37 bits per heavy atom. The number of carbonyl (C=O) groups is 1. The van der Waals surface area contributed by atoms with Crippen LogP contribution in [0.1, 0.15) is 5.56 Å². The van der Waals surface area contributed by atoms with E-state index in [4.69, 9.17) is 15.2 Å². The molecule has 0 aromatic heterocycles. The van der Waals surface area contributed by atoms with E-state index in [1.807, 2.05) is 0 Å². The zero-order valence-electron chi connectivity index (χ0n) is 10.2. The van der Waals surface area contributed by atoms with Crippen LogP contribution in [-0.4, -0.2) is 25.2 Å². The van der Waals surface area contributed by atoms with Crippen molar-refractivity contribution >= 4 is 11.8 Å². The molecular weight excluding hydrogens is 260 g/mol. The molecule has 0 unspecified atom stereocenters. The Hall–Kier alpha value is -2.55. The molecule has 19 heavy (non-hydrogen) atoms. The topological polar surface area (TPSA) is 123 Å². The summed E-state index contributed by atoms with van der Waals surface area (Å²) in [5.41, 5.74) is 4.58.